The SMILES string of the molecule is CCn1nc(C)c(Br)c1C(=O)NCC1(C)CC(C)C=C2CC2C1. The maximum Gasteiger partial charge on any atom is 0.270 e. The summed E-state index contributed by atoms with van der Waals surface area (Å²) in [4.78, 5) is 12.7. The summed E-state index contributed by atoms with van der Waals surface area (Å²) in [5.41, 5.74) is 3.31. The highest BCUT2D eigenvalue weighted by Crippen LogP contribution is 2.51. The second-order valence-corrected chi connectivity index (χ2v) is 8.38. The van der Waals surface area contributed by atoms with Crippen molar-refractivity contribution in [2.75, 3.05) is 6.54 Å². The Morgan fingerprint density at radius 3 is 2.96 bits per heavy atom. The van der Waals surface area contributed by atoms with E-state index in [1.807, 2.05) is 13.8 Å². The van der Waals surface area contributed by atoms with Crippen LogP contribution in [-0.2, 0) is 6.54 Å². The van der Waals surface area contributed by atoms with Gasteiger partial charge in [0.25, 0.3) is 5.91 Å². The molecule has 3 unspecified atom stereocenters. The molecule has 1 heterocycles. The van der Waals surface area contributed by atoms with E-state index in [9.17, 15) is 4.79 Å². The second kappa shape index (κ2) is 6.08. The third-order valence-corrected chi connectivity index (χ3v) is 6.09. The standard InChI is InChI=1S/C18H26BrN3O/c1-5-22-16(15(19)12(3)21-22)17(23)20-10-18(4)8-11(2)6-13-7-14(13)9-18/h6,11,14H,5,7-10H2,1-4H3,(H,20,23). The summed E-state index contributed by atoms with van der Waals surface area (Å²) in [6.07, 6.45) is 6.04. The van der Waals surface area contributed by atoms with E-state index in [0.29, 0.717) is 18.2 Å². The molecule has 1 aromatic rings. The molecular formula is C18H26BrN3O. The maximum absolute atomic E-state index is 12.7. The van der Waals surface area contributed by atoms with E-state index in [0.717, 1.165) is 29.1 Å². The van der Waals surface area contributed by atoms with E-state index >= 15 is 0 Å². The molecule has 0 aliphatic heterocycles. The predicted molar refractivity (Wildman–Crippen MR) is 95.4 cm³/mol. The molecule has 1 fully saturated rings. The van der Waals surface area contributed by atoms with Gasteiger partial charge in [-0.2, -0.15) is 5.10 Å². The second-order valence-electron chi connectivity index (χ2n) is 7.59. The van der Waals surface area contributed by atoms with Crippen molar-refractivity contribution >= 4 is 21.8 Å². The van der Waals surface area contributed by atoms with Crippen LogP contribution in [0.4, 0.5) is 0 Å². The summed E-state index contributed by atoms with van der Waals surface area (Å²) >= 11 is 3.51. The van der Waals surface area contributed by atoms with Gasteiger partial charge in [0.2, 0.25) is 0 Å². The van der Waals surface area contributed by atoms with Gasteiger partial charge in [-0.25, -0.2) is 0 Å². The summed E-state index contributed by atoms with van der Waals surface area (Å²) in [6.45, 7) is 9.95. The van der Waals surface area contributed by atoms with Crippen molar-refractivity contribution in [3.05, 3.63) is 27.5 Å². The Kier molecular flexibility index (Phi) is 4.43. The monoisotopic (exact) mass is 379 g/mol. The molecule has 23 heavy (non-hydrogen) atoms. The Bertz CT molecular complexity index is 663. The molecule has 0 saturated heterocycles. The van der Waals surface area contributed by atoms with Crippen LogP contribution in [0.3, 0.4) is 0 Å². The molecular weight excluding hydrogens is 354 g/mol. The van der Waals surface area contributed by atoms with Gasteiger partial charge in [0.15, 0.2) is 0 Å². The first-order chi connectivity index (χ1) is 10.8. The molecule has 3 atom stereocenters. The van der Waals surface area contributed by atoms with Crippen LogP contribution in [0.2, 0.25) is 0 Å². The van der Waals surface area contributed by atoms with Gasteiger partial charge >= 0.3 is 0 Å². The minimum absolute atomic E-state index is 0.0265. The zero-order chi connectivity index (χ0) is 16.8. The van der Waals surface area contributed by atoms with Crippen LogP contribution in [0, 0.1) is 24.2 Å². The van der Waals surface area contributed by atoms with Crippen LogP contribution in [0.15, 0.2) is 16.1 Å². The van der Waals surface area contributed by atoms with E-state index in [2.05, 4.69) is 46.3 Å². The van der Waals surface area contributed by atoms with E-state index in [-0.39, 0.29) is 11.3 Å². The van der Waals surface area contributed by atoms with Crippen LogP contribution in [0.25, 0.3) is 0 Å². The molecule has 0 bridgehead atoms. The lowest BCUT2D eigenvalue weighted by Crippen LogP contribution is -2.37. The lowest BCUT2D eigenvalue weighted by Gasteiger charge is -2.31. The van der Waals surface area contributed by atoms with Crippen molar-refractivity contribution in [2.24, 2.45) is 17.3 Å². The normalized spacial score (nSPS) is 29.5. The molecule has 0 spiro atoms. The summed E-state index contributed by atoms with van der Waals surface area (Å²) in [7, 11) is 0. The van der Waals surface area contributed by atoms with Gasteiger partial charge < -0.3 is 5.32 Å². The third kappa shape index (κ3) is 3.39. The van der Waals surface area contributed by atoms with E-state index in [1.165, 1.54) is 12.8 Å². The quantitative estimate of drug-likeness (QED) is 0.800. The maximum atomic E-state index is 12.7. The largest absolute Gasteiger partial charge is 0.350 e. The number of hydrogen-bond donors (Lipinski definition) is 1. The number of carbonyl (C=O) groups excluding carboxylic acids is 1. The van der Waals surface area contributed by atoms with E-state index in [1.54, 1.807) is 10.3 Å². The minimum Gasteiger partial charge on any atom is -0.350 e. The lowest BCUT2D eigenvalue weighted by molar-refractivity contribution is 0.0911. The third-order valence-electron chi connectivity index (χ3n) is 5.14. The van der Waals surface area contributed by atoms with Crippen molar-refractivity contribution in [3.63, 3.8) is 0 Å². The molecule has 0 aromatic carbocycles. The fourth-order valence-electron chi connectivity index (χ4n) is 4.04. The number of rotatable bonds is 4. The van der Waals surface area contributed by atoms with Crippen molar-refractivity contribution in [1.29, 1.82) is 0 Å². The highest BCUT2D eigenvalue weighted by molar-refractivity contribution is 9.10. The Morgan fingerprint density at radius 2 is 2.26 bits per heavy atom. The minimum atomic E-state index is -0.0265. The van der Waals surface area contributed by atoms with E-state index < -0.39 is 0 Å². The molecule has 5 heteroatoms. The number of allylic oxidation sites excluding steroid dienone is 2. The molecule has 4 nitrogen and oxygen atoms in total. The Labute approximate surface area is 146 Å². The zero-order valence-electron chi connectivity index (χ0n) is 14.4. The number of nitrogens with one attached hydrogen (secondary N) is 1. The molecule has 1 N–H and O–H groups in total. The first-order valence-electron chi connectivity index (χ1n) is 8.54. The van der Waals surface area contributed by atoms with Crippen LogP contribution >= 0.6 is 15.9 Å². The molecule has 1 amide bonds. The molecule has 1 aromatic heterocycles. The van der Waals surface area contributed by atoms with Crippen LogP contribution in [0.5, 0.6) is 0 Å². The fourth-order valence-corrected chi connectivity index (χ4v) is 4.50. The van der Waals surface area contributed by atoms with Crippen molar-refractivity contribution in [1.82, 2.24) is 15.1 Å². The van der Waals surface area contributed by atoms with Gasteiger partial charge in [0.05, 0.1) is 10.2 Å². The number of aryl methyl sites for hydroxylation is 2. The van der Waals surface area contributed by atoms with Crippen LogP contribution < -0.4 is 5.32 Å². The first-order valence-corrected chi connectivity index (χ1v) is 9.34. The number of amides is 1. The van der Waals surface area contributed by atoms with Crippen molar-refractivity contribution < 1.29 is 4.79 Å². The lowest BCUT2D eigenvalue weighted by atomic mass is 9.78. The summed E-state index contributed by atoms with van der Waals surface area (Å²) < 4.78 is 2.58. The fraction of sp³-hybridized carbons (Fsp3) is 0.667. The number of nitrogens with zero attached hydrogens (tertiary/aromatic N) is 2. The van der Waals surface area contributed by atoms with Crippen LogP contribution in [0.1, 0.15) is 56.2 Å². The topological polar surface area (TPSA) is 46.9 Å². The van der Waals surface area contributed by atoms with Crippen molar-refractivity contribution in [3.8, 4) is 0 Å². The Balaban J connectivity index is 1.69. The molecule has 2 aliphatic rings. The molecule has 3 rings (SSSR count). The number of carbonyl (C=O) groups is 1. The Hall–Kier alpha value is -1.10. The van der Waals surface area contributed by atoms with Crippen LogP contribution in [-0.4, -0.2) is 22.2 Å². The van der Waals surface area contributed by atoms with Gasteiger partial charge in [-0.1, -0.05) is 25.5 Å². The number of halogens is 1. The zero-order valence-corrected chi connectivity index (χ0v) is 16.0. The molecule has 0 radical (unpaired) electrons. The highest BCUT2D eigenvalue weighted by atomic mass is 79.9. The average Bonchev–Trinajstić information content (AvgIpc) is 3.13. The summed E-state index contributed by atoms with van der Waals surface area (Å²) in [6, 6.07) is 0. The van der Waals surface area contributed by atoms with Gasteiger partial charge in [-0.15, -0.1) is 0 Å². The first kappa shape index (κ1) is 16.7. The number of aromatic nitrogens is 2. The van der Waals surface area contributed by atoms with Gasteiger partial charge in [0, 0.05) is 13.1 Å². The van der Waals surface area contributed by atoms with Gasteiger partial charge in [-0.3, -0.25) is 9.48 Å². The molecule has 1 saturated carbocycles. The highest BCUT2D eigenvalue weighted by Gasteiger charge is 2.41. The van der Waals surface area contributed by atoms with Crippen molar-refractivity contribution in [2.45, 2.75) is 53.5 Å². The van der Waals surface area contributed by atoms with Gasteiger partial charge in [0.1, 0.15) is 5.69 Å². The molecule has 2 aliphatic carbocycles. The smallest absolute Gasteiger partial charge is 0.270 e. The summed E-state index contributed by atoms with van der Waals surface area (Å²) in [5, 5.41) is 7.58. The number of hydrogen-bond acceptors (Lipinski definition) is 2. The molecule has 126 valence electrons. The number of fused-ring (bicyclic) bond motifs is 1. The average molecular weight is 380 g/mol. The summed E-state index contributed by atoms with van der Waals surface area (Å²) in [5.74, 6) is 1.34. The Morgan fingerprint density at radius 1 is 1.52 bits per heavy atom. The predicted octanol–water partition coefficient (Wildman–Crippen LogP) is 4.09. The van der Waals surface area contributed by atoms with E-state index in [4.69, 9.17) is 0 Å². The van der Waals surface area contributed by atoms with Gasteiger partial charge in [-0.05, 0) is 66.3 Å².